The molecule has 0 aromatic heterocycles. The van der Waals surface area contributed by atoms with E-state index in [1.165, 1.54) is 29.2 Å². The molecule has 0 spiro atoms. The van der Waals surface area contributed by atoms with Crippen molar-refractivity contribution in [3.63, 3.8) is 0 Å². The molecule has 4 aromatic carbocycles. The molecule has 1 fully saturated rings. The van der Waals surface area contributed by atoms with Gasteiger partial charge in [-0.1, -0.05) is 107 Å². The van der Waals surface area contributed by atoms with E-state index in [0.29, 0.717) is 16.3 Å². The lowest BCUT2D eigenvalue weighted by Crippen LogP contribution is -2.55. The van der Waals surface area contributed by atoms with Crippen molar-refractivity contribution in [3.05, 3.63) is 129 Å². The first-order valence-corrected chi connectivity index (χ1v) is 18.4. The van der Waals surface area contributed by atoms with Crippen LogP contribution in [-0.4, -0.2) is 43.8 Å². The Morgan fingerprint density at radius 1 is 0.851 bits per heavy atom. The average Bonchev–Trinajstić information content (AvgIpc) is 3.07. The summed E-state index contributed by atoms with van der Waals surface area (Å²) in [4.78, 5) is 30.4. The molecule has 1 atom stereocenters. The molecule has 7 nitrogen and oxygen atoms in total. The van der Waals surface area contributed by atoms with Crippen LogP contribution in [0, 0.1) is 6.92 Å². The number of amides is 2. The second kappa shape index (κ2) is 16.0. The van der Waals surface area contributed by atoms with Crippen molar-refractivity contribution in [1.29, 1.82) is 0 Å². The van der Waals surface area contributed by atoms with Crippen molar-refractivity contribution >= 4 is 55.1 Å². The first kappa shape index (κ1) is 34.7. The number of nitrogens with zero attached hydrogens (tertiary/aromatic N) is 2. The topological polar surface area (TPSA) is 86.8 Å². The highest BCUT2D eigenvalue weighted by Crippen LogP contribution is 2.29. The van der Waals surface area contributed by atoms with Gasteiger partial charge in [-0.2, -0.15) is 0 Å². The molecule has 0 radical (unpaired) electrons. The highest BCUT2D eigenvalue weighted by molar-refractivity contribution is 9.10. The molecular formula is C37H39BrClN3O4S. The Balaban J connectivity index is 1.56. The van der Waals surface area contributed by atoms with Crippen molar-refractivity contribution in [3.8, 4) is 0 Å². The number of hydrogen-bond donors (Lipinski definition) is 1. The van der Waals surface area contributed by atoms with Crippen molar-refractivity contribution in [1.82, 2.24) is 10.2 Å². The zero-order chi connectivity index (χ0) is 33.4. The zero-order valence-electron chi connectivity index (χ0n) is 26.3. The number of para-hydroxylation sites is 1. The Hall–Kier alpha value is -3.66. The van der Waals surface area contributed by atoms with Gasteiger partial charge >= 0.3 is 0 Å². The summed E-state index contributed by atoms with van der Waals surface area (Å²) in [5.74, 6) is -0.734. The van der Waals surface area contributed by atoms with Gasteiger partial charge in [-0.25, -0.2) is 8.42 Å². The minimum Gasteiger partial charge on any atom is -0.352 e. The average molecular weight is 737 g/mol. The van der Waals surface area contributed by atoms with E-state index in [1.807, 2.05) is 60.7 Å². The fraction of sp³-hybridized carbons (Fsp3) is 0.297. The summed E-state index contributed by atoms with van der Waals surface area (Å²) in [7, 11) is -4.21. The second-order valence-corrected chi connectivity index (χ2v) is 15.2. The Morgan fingerprint density at radius 2 is 1.49 bits per heavy atom. The summed E-state index contributed by atoms with van der Waals surface area (Å²) in [5, 5.41) is 3.64. The van der Waals surface area contributed by atoms with Crippen LogP contribution >= 0.6 is 27.5 Å². The Morgan fingerprint density at radius 3 is 2.15 bits per heavy atom. The first-order valence-electron chi connectivity index (χ1n) is 15.8. The number of anilines is 1. The summed E-state index contributed by atoms with van der Waals surface area (Å²) >= 11 is 9.57. The highest BCUT2D eigenvalue weighted by atomic mass is 79.9. The summed E-state index contributed by atoms with van der Waals surface area (Å²) in [5.41, 5.74) is 2.78. The third-order valence-corrected chi connectivity index (χ3v) is 11.1. The van der Waals surface area contributed by atoms with Crippen LogP contribution in [0.25, 0.3) is 0 Å². The second-order valence-electron chi connectivity index (χ2n) is 11.9. The minimum atomic E-state index is -4.21. The van der Waals surface area contributed by atoms with E-state index in [1.54, 1.807) is 25.1 Å². The number of aryl methyl sites for hydroxylation is 1. The molecular weight excluding hydrogens is 698 g/mol. The molecule has 2 amide bonds. The molecule has 5 rings (SSSR count). The van der Waals surface area contributed by atoms with Crippen molar-refractivity contribution < 1.29 is 18.0 Å². The highest BCUT2D eigenvalue weighted by Gasteiger charge is 2.35. The summed E-state index contributed by atoms with van der Waals surface area (Å²) in [6.45, 7) is 1.41. The summed E-state index contributed by atoms with van der Waals surface area (Å²) < 4.78 is 30.5. The number of rotatable bonds is 12. The number of sulfonamides is 1. The maximum Gasteiger partial charge on any atom is 0.264 e. The molecule has 0 unspecified atom stereocenters. The van der Waals surface area contributed by atoms with Crippen LogP contribution in [0.2, 0.25) is 5.02 Å². The van der Waals surface area contributed by atoms with Crippen LogP contribution in [0.5, 0.6) is 0 Å². The van der Waals surface area contributed by atoms with E-state index < -0.39 is 28.5 Å². The van der Waals surface area contributed by atoms with Gasteiger partial charge in [0, 0.05) is 28.5 Å². The van der Waals surface area contributed by atoms with Gasteiger partial charge < -0.3 is 10.2 Å². The molecule has 0 aliphatic heterocycles. The van der Waals surface area contributed by atoms with Gasteiger partial charge in [0.05, 0.1) is 10.6 Å². The number of carbonyl (C=O) groups is 2. The Bertz CT molecular complexity index is 1760. The molecule has 10 heteroatoms. The summed E-state index contributed by atoms with van der Waals surface area (Å²) in [6, 6.07) is 29.3. The molecule has 1 saturated carbocycles. The predicted octanol–water partition coefficient (Wildman–Crippen LogP) is 7.70. The monoisotopic (exact) mass is 735 g/mol. The molecule has 246 valence electrons. The van der Waals surface area contributed by atoms with Gasteiger partial charge in [0.25, 0.3) is 10.0 Å². The lowest BCUT2D eigenvalue weighted by atomic mass is 9.94. The van der Waals surface area contributed by atoms with Crippen molar-refractivity contribution in [2.45, 2.75) is 69.0 Å². The molecule has 0 saturated heterocycles. The fourth-order valence-corrected chi connectivity index (χ4v) is 7.84. The smallest absolute Gasteiger partial charge is 0.264 e. The van der Waals surface area contributed by atoms with Crippen LogP contribution in [0.1, 0.15) is 48.8 Å². The molecule has 1 aliphatic rings. The number of hydrogen-bond acceptors (Lipinski definition) is 4. The third kappa shape index (κ3) is 9.03. The SMILES string of the molecule is Cc1ccccc1N(CC(=O)N(Cc1ccc(Br)cc1)[C@H](Cc1ccccc1)C(=O)NC1CCCCC1)S(=O)(=O)c1ccc(Cl)cc1. The van der Waals surface area contributed by atoms with E-state index in [4.69, 9.17) is 11.6 Å². The van der Waals surface area contributed by atoms with E-state index in [9.17, 15) is 18.0 Å². The number of carbonyl (C=O) groups excluding carboxylic acids is 2. The van der Waals surface area contributed by atoms with Crippen LogP contribution in [-0.2, 0) is 32.6 Å². The molecule has 47 heavy (non-hydrogen) atoms. The molecule has 0 bridgehead atoms. The standard InChI is InChI=1S/C37H39BrClN3O4S/c1-27-10-8-9-15-34(27)42(47(45,46)33-22-20-31(39)21-23-33)26-36(43)41(25-29-16-18-30(38)19-17-29)35(24-28-11-4-2-5-12-28)37(44)40-32-13-6-3-7-14-32/h2,4-5,8-12,15-23,32,35H,3,6-7,13-14,24-26H2,1H3,(H,40,44)/t35-/m1/s1. The van der Waals surface area contributed by atoms with Crippen molar-refractivity contribution in [2.24, 2.45) is 0 Å². The first-order chi connectivity index (χ1) is 22.6. The molecule has 1 aliphatic carbocycles. The van der Waals surface area contributed by atoms with Gasteiger partial charge in [-0.3, -0.25) is 13.9 Å². The van der Waals surface area contributed by atoms with Crippen LogP contribution < -0.4 is 9.62 Å². The lowest BCUT2D eigenvalue weighted by molar-refractivity contribution is -0.140. The van der Waals surface area contributed by atoms with Gasteiger partial charge in [-0.15, -0.1) is 0 Å². The predicted molar refractivity (Wildman–Crippen MR) is 191 cm³/mol. The van der Waals surface area contributed by atoms with E-state index in [-0.39, 0.29) is 29.8 Å². The summed E-state index contributed by atoms with van der Waals surface area (Å²) in [6.07, 6.45) is 5.30. The molecule has 4 aromatic rings. The number of benzene rings is 4. The largest absolute Gasteiger partial charge is 0.352 e. The van der Waals surface area contributed by atoms with E-state index in [0.717, 1.165) is 52.0 Å². The van der Waals surface area contributed by atoms with Crippen LogP contribution in [0.3, 0.4) is 0 Å². The maximum atomic E-state index is 14.7. The minimum absolute atomic E-state index is 0.00768. The van der Waals surface area contributed by atoms with Gasteiger partial charge in [0.2, 0.25) is 11.8 Å². The number of nitrogens with one attached hydrogen (secondary N) is 1. The van der Waals surface area contributed by atoms with Gasteiger partial charge in [0.1, 0.15) is 12.6 Å². The fourth-order valence-electron chi connectivity index (χ4n) is 5.98. The lowest BCUT2D eigenvalue weighted by Gasteiger charge is -2.35. The Labute approximate surface area is 291 Å². The Kier molecular flexibility index (Phi) is 11.8. The normalized spacial score (nSPS) is 14.3. The quantitative estimate of drug-likeness (QED) is 0.162. The molecule has 1 N–H and O–H groups in total. The van der Waals surface area contributed by atoms with Crippen molar-refractivity contribution in [2.75, 3.05) is 10.8 Å². The van der Waals surface area contributed by atoms with Crippen LogP contribution in [0.15, 0.2) is 112 Å². The maximum absolute atomic E-state index is 14.7. The van der Waals surface area contributed by atoms with Crippen LogP contribution in [0.4, 0.5) is 5.69 Å². The van der Waals surface area contributed by atoms with Gasteiger partial charge in [0.15, 0.2) is 0 Å². The van der Waals surface area contributed by atoms with Gasteiger partial charge in [-0.05, 0) is 78.9 Å². The molecule has 0 heterocycles. The van der Waals surface area contributed by atoms with E-state index >= 15 is 0 Å². The number of halogens is 2. The third-order valence-electron chi connectivity index (χ3n) is 8.55. The zero-order valence-corrected chi connectivity index (χ0v) is 29.5. The van der Waals surface area contributed by atoms with E-state index in [2.05, 4.69) is 21.2 Å².